The van der Waals surface area contributed by atoms with Crippen molar-refractivity contribution < 1.29 is 0 Å². The minimum Gasteiger partial charge on any atom is -0.364 e. The number of halogens is 1. The first-order chi connectivity index (χ1) is 10.4. The molecule has 1 N–H and O–H groups in total. The average Bonchev–Trinajstić information content (AvgIpc) is 2.50. The molecule has 1 fully saturated rings. The highest BCUT2D eigenvalue weighted by Gasteiger charge is 2.28. The predicted molar refractivity (Wildman–Crippen MR) is 90.3 cm³/mol. The van der Waals surface area contributed by atoms with Crippen LogP contribution >= 0.6 is 11.6 Å². The summed E-state index contributed by atoms with van der Waals surface area (Å²) >= 11 is 6.11. The van der Waals surface area contributed by atoms with Gasteiger partial charge in [0.25, 0.3) is 0 Å². The van der Waals surface area contributed by atoms with Gasteiger partial charge in [-0.1, -0.05) is 11.6 Å². The van der Waals surface area contributed by atoms with Gasteiger partial charge in [-0.05, 0) is 46.2 Å². The molecule has 3 heterocycles. The Morgan fingerprint density at radius 1 is 1.27 bits per heavy atom. The van der Waals surface area contributed by atoms with Crippen LogP contribution in [0.5, 0.6) is 0 Å². The quantitative estimate of drug-likeness (QED) is 0.920. The van der Waals surface area contributed by atoms with E-state index in [4.69, 9.17) is 11.6 Å². The zero-order chi connectivity index (χ0) is 15.7. The van der Waals surface area contributed by atoms with Gasteiger partial charge < -0.3 is 5.32 Å². The van der Waals surface area contributed by atoms with Crippen LogP contribution in [0.2, 0.25) is 5.15 Å². The number of piperidine rings is 1. The van der Waals surface area contributed by atoms with Crippen molar-refractivity contribution in [2.24, 2.45) is 0 Å². The van der Waals surface area contributed by atoms with Crippen molar-refractivity contribution in [2.45, 2.75) is 45.2 Å². The van der Waals surface area contributed by atoms with Crippen molar-refractivity contribution >= 4 is 28.2 Å². The largest absolute Gasteiger partial charge is 0.364 e. The first kappa shape index (κ1) is 15.4. The lowest BCUT2D eigenvalue weighted by Gasteiger charge is -2.41. The van der Waals surface area contributed by atoms with Crippen LogP contribution in [0.3, 0.4) is 0 Å². The Morgan fingerprint density at radius 2 is 2.09 bits per heavy atom. The Hall–Kier alpha value is -1.46. The number of aromatic nitrogens is 3. The first-order valence-electron chi connectivity index (χ1n) is 7.72. The maximum Gasteiger partial charge on any atom is 0.161 e. The van der Waals surface area contributed by atoms with E-state index in [9.17, 15) is 0 Å². The molecule has 22 heavy (non-hydrogen) atoms. The Labute approximate surface area is 136 Å². The van der Waals surface area contributed by atoms with E-state index in [1.165, 1.54) is 6.42 Å². The molecule has 0 bridgehead atoms. The van der Waals surface area contributed by atoms with Gasteiger partial charge in [-0.25, -0.2) is 0 Å². The molecule has 2 aromatic rings. The van der Waals surface area contributed by atoms with Crippen molar-refractivity contribution in [1.82, 2.24) is 20.1 Å². The van der Waals surface area contributed by atoms with E-state index < -0.39 is 0 Å². The third-order valence-electron chi connectivity index (χ3n) is 4.25. The Kier molecular flexibility index (Phi) is 4.19. The summed E-state index contributed by atoms with van der Waals surface area (Å²) in [5.41, 5.74) is 0.192. The van der Waals surface area contributed by atoms with E-state index in [1.54, 1.807) is 12.4 Å². The van der Waals surface area contributed by atoms with Crippen molar-refractivity contribution in [1.29, 1.82) is 0 Å². The van der Waals surface area contributed by atoms with Crippen molar-refractivity contribution in [3.05, 3.63) is 23.6 Å². The first-order valence-corrected chi connectivity index (χ1v) is 8.10. The van der Waals surface area contributed by atoms with Gasteiger partial charge in [-0.2, -0.15) is 0 Å². The second kappa shape index (κ2) is 5.97. The van der Waals surface area contributed by atoms with Crippen molar-refractivity contribution in [3.8, 4) is 0 Å². The number of hydrogen-bond donors (Lipinski definition) is 1. The lowest BCUT2D eigenvalue weighted by Crippen LogP contribution is -2.50. The lowest BCUT2D eigenvalue weighted by molar-refractivity contribution is 0.104. The molecule has 6 heteroatoms. The van der Waals surface area contributed by atoms with Crippen LogP contribution in [-0.2, 0) is 0 Å². The monoisotopic (exact) mass is 319 g/mol. The van der Waals surface area contributed by atoms with Crippen LogP contribution in [0, 0.1) is 0 Å². The summed E-state index contributed by atoms with van der Waals surface area (Å²) in [5.74, 6) is 0.794. The highest BCUT2D eigenvalue weighted by molar-refractivity contribution is 6.34. The standard InChI is InChI=1S/C16H22ClN5/c1-16(2,3)22-8-4-5-11(10-22)19-15-12-6-7-18-9-13(12)14(17)20-21-15/h6-7,9,11H,4-5,8,10H2,1-3H3,(H,19,21)/t11-/m1/s1. The molecule has 0 aromatic carbocycles. The molecule has 0 saturated carbocycles. The summed E-state index contributed by atoms with van der Waals surface area (Å²) in [5, 5.41) is 14.0. The van der Waals surface area contributed by atoms with E-state index in [1.807, 2.05) is 6.07 Å². The third kappa shape index (κ3) is 3.15. The van der Waals surface area contributed by atoms with Gasteiger partial charge in [0.2, 0.25) is 0 Å². The third-order valence-corrected chi connectivity index (χ3v) is 4.53. The van der Waals surface area contributed by atoms with Gasteiger partial charge in [-0.3, -0.25) is 9.88 Å². The molecule has 0 unspecified atom stereocenters. The fourth-order valence-electron chi connectivity index (χ4n) is 2.97. The summed E-state index contributed by atoms with van der Waals surface area (Å²) in [7, 11) is 0. The minimum atomic E-state index is 0.192. The van der Waals surface area contributed by atoms with Crippen LogP contribution in [-0.4, -0.2) is 44.8 Å². The van der Waals surface area contributed by atoms with Crippen LogP contribution in [0.4, 0.5) is 5.82 Å². The molecule has 5 nitrogen and oxygen atoms in total. The molecule has 118 valence electrons. The molecule has 1 aliphatic heterocycles. The Balaban J connectivity index is 1.83. The fourth-order valence-corrected chi connectivity index (χ4v) is 3.16. The number of likely N-dealkylation sites (tertiary alicyclic amines) is 1. The number of anilines is 1. The van der Waals surface area contributed by atoms with Gasteiger partial charge in [0.05, 0.1) is 0 Å². The molecule has 1 aliphatic rings. The van der Waals surface area contributed by atoms with E-state index in [0.717, 1.165) is 36.1 Å². The van der Waals surface area contributed by atoms with Gasteiger partial charge >= 0.3 is 0 Å². The number of rotatable bonds is 2. The molecule has 3 rings (SSSR count). The van der Waals surface area contributed by atoms with Crippen LogP contribution < -0.4 is 5.32 Å². The van der Waals surface area contributed by atoms with Crippen molar-refractivity contribution in [3.63, 3.8) is 0 Å². The molecule has 1 saturated heterocycles. The number of fused-ring (bicyclic) bond motifs is 1. The zero-order valence-electron chi connectivity index (χ0n) is 13.3. The minimum absolute atomic E-state index is 0.192. The topological polar surface area (TPSA) is 53.9 Å². The van der Waals surface area contributed by atoms with Gasteiger partial charge in [0.15, 0.2) is 11.0 Å². The maximum absolute atomic E-state index is 6.11. The van der Waals surface area contributed by atoms with Gasteiger partial charge in [0.1, 0.15) is 0 Å². The molecule has 2 aromatic heterocycles. The summed E-state index contributed by atoms with van der Waals surface area (Å²) < 4.78 is 0. The number of pyridine rings is 1. The van der Waals surface area contributed by atoms with Crippen LogP contribution in [0.15, 0.2) is 18.5 Å². The molecular weight excluding hydrogens is 298 g/mol. The zero-order valence-corrected chi connectivity index (χ0v) is 14.1. The molecule has 0 spiro atoms. The summed E-state index contributed by atoms with van der Waals surface area (Å²) in [6.45, 7) is 8.95. The average molecular weight is 320 g/mol. The molecule has 0 amide bonds. The smallest absolute Gasteiger partial charge is 0.161 e. The van der Waals surface area contributed by atoms with Gasteiger partial charge in [-0.15, -0.1) is 10.2 Å². The highest BCUT2D eigenvalue weighted by Crippen LogP contribution is 2.27. The number of nitrogens with zero attached hydrogens (tertiary/aromatic N) is 4. The second-order valence-corrected chi connectivity index (χ2v) is 7.22. The molecular formula is C16H22ClN5. The van der Waals surface area contributed by atoms with Crippen LogP contribution in [0.25, 0.3) is 10.8 Å². The summed E-state index contributed by atoms with van der Waals surface area (Å²) in [6, 6.07) is 2.31. The summed E-state index contributed by atoms with van der Waals surface area (Å²) in [6.07, 6.45) is 5.83. The predicted octanol–water partition coefficient (Wildman–Crippen LogP) is 3.35. The fraction of sp³-hybridized carbons (Fsp3) is 0.562. The SMILES string of the molecule is CC(C)(C)N1CCC[C@@H](Nc2nnc(Cl)c3cnccc23)C1. The normalized spacial score (nSPS) is 20.3. The van der Waals surface area contributed by atoms with E-state index in [-0.39, 0.29) is 5.54 Å². The van der Waals surface area contributed by atoms with E-state index in [2.05, 4.69) is 46.2 Å². The Morgan fingerprint density at radius 3 is 2.86 bits per heavy atom. The van der Waals surface area contributed by atoms with E-state index in [0.29, 0.717) is 11.2 Å². The van der Waals surface area contributed by atoms with Gasteiger partial charge in [0, 0.05) is 41.3 Å². The number of nitrogens with one attached hydrogen (secondary N) is 1. The van der Waals surface area contributed by atoms with Crippen LogP contribution in [0.1, 0.15) is 33.6 Å². The van der Waals surface area contributed by atoms with E-state index >= 15 is 0 Å². The number of hydrogen-bond acceptors (Lipinski definition) is 5. The molecule has 0 aliphatic carbocycles. The molecule has 1 atom stereocenters. The molecule has 0 radical (unpaired) electrons. The lowest BCUT2D eigenvalue weighted by atomic mass is 9.98. The Bertz CT molecular complexity index is 667. The maximum atomic E-state index is 6.11. The van der Waals surface area contributed by atoms with Crippen molar-refractivity contribution in [2.75, 3.05) is 18.4 Å². The summed E-state index contributed by atoms with van der Waals surface area (Å²) in [4.78, 5) is 6.63. The second-order valence-electron chi connectivity index (χ2n) is 6.86. The highest BCUT2D eigenvalue weighted by atomic mass is 35.5.